The van der Waals surface area contributed by atoms with Crippen LogP contribution in [-0.4, -0.2) is 39.6 Å². The molecule has 45 heavy (non-hydrogen) atoms. The Labute approximate surface area is 285 Å². The second-order valence-corrected chi connectivity index (χ2v) is 14.0. The van der Waals surface area contributed by atoms with Crippen LogP contribution in [0.2, 0.25) is 0 Å². The Morgan fingerprint density at radius 2 is 0.667 bits per heavy atom. The van der Waals surface area contributed by atoms with Crippen molar-refractivity contribution in [2.75, 3.05) is 5.75 Å². The molecule has 0 aromatic carbocycles. The average Bonchev–Trinajstić information content (AvgIpc) is 3.03. The molecule has 0 aliphatic heterocycles. The molecule has 0 aromatic heterocycles. The second kappa shape index (κ2) is 34.3. The van der Waals surface area contributed by atoms with E-state index in [0.717, 1.165) is 30.6 Å². The minimum atomic E-state index is -1.18. The molecule has 0 aromatic rings. The van der Waals surface area contributed by atoms with Crippen molar-refractivity contribution in [1.82, 2.24) is 4.90 Å². The van der Waals surface area contributed by atoms with Crippen LogP contribution in [0.1, 0.15) is 219 Å². The number of hydrogen-bond acceptors (Lipinski definition) is 4. The third-order valence-electron chi connectivity index (χ3n) is 9.30. The number of hydrogen-bond donors (Lipinski definition) is 2. The largest absolute Gasteiger partial charge is 0.480 e. The van der Waals surface area contributed by atoms with Crippen LogP contribution >= 0.6 is 12.6 Å². The van der Waals surface area contributed by atoms with Crippen LogP contribution in [0.3, 0.4) is 0 Å². The maximum absolute atomic E-state index is 13.0. The number of rotatable bonds is 35. The molecule has 0 aliphatic carbocycles. The first-order chi connectivity index (χ1) is 22.0. The highest BCUT2D eigenvalue weighted by molar-refractivity contribution is 7.80. The highest BCUT2D eigenvalue weighted by atomic mass is 32.1. The van der Waals surface area contributed by atoms with Gasteiger partial charge in [-0.3, -0.25) is 14.5 Å². The van der Waals surface area contributed by atoms with Gasteiger partial charge in [0.05, 0.1) is 0 Å². The number of amides is 2. The summed E-state index contributed by atoms with van der Waals surface area (Å²) in [4.78, 5) is 38.8. The molecule has 1 unspecified atom stereocenters. The summed E-state index contributed by atoms with van der Waals surface area (Å²) in [5.41, 5.74) is 0. The summed E-state index contributed by atoms with van der Waals surface area (Å²) in [6.07, 6.45) is 38.0. The molecule has 0 saturated carbocycles. The summed E-state index contributed by atoms with van der Waals surface area (Å²) in [5, 5.41) is 9.65. The third kappa shape index (κ3) is 27.8. The van der Waals surface area contributed by atoms with E-state index in [1.165, 1.54) is 154 Å². The van der Waals surface area contributed by atoms with Crippen LogP contribution < -0.4 is 0 Å². The lowest BCUT2D eigenvalue weighted by molar-refractivity contribution is -0.157. The summed E-state index contributed by atoms with van der Waals surface area (Å²) in [6.45, 7) is 4.53. The number of carboxylic acid groups (broad SMARTS) is 1. The molecule has 0 heterocycles. The smallest absolute Gasteiger partial charge is 0.327 e. The number of carbonyl (C=O) groups excluding carboxylic acids is 2. The normalized spacial score (nSPS) is 12.0. The molecule has 0 spiro atoms. The van der Waals surface area contributed by atoms with Gasteiger partial charge < -0.3 is 5.11 Å². The molecule has 5 nitrogen and oxygen atoms in total. The van der Waals surface area contributed by atoms with Crippen LogP contribution in [0.4, 0.5) is 0 Å². The highest BCUT2D eigenvalue weighted by Gasteiger charge is 2.32. The lowest BCUT2D eigenvalue weighted by Crippen LogP contribution is -2.49. The number of carbonyl (C=O) groups is 3. The molecule has 0 radical (unpaired) electrons. The van der Waals surface area contributed by atoms with E-state index in [1.54, 1.807) is 0 Å². The quantitative estimate of drug-likeness (QED) is 0.0527. The average molecular weight is 654 g/mol. The highest BCUT2D eigenvalue weighted by Crippen LogP contribution is 2.17. The van der Waals surface area contributed by atoms with E-state index in [2.05, 4.69) is 26.5 Å². The minimum Gasteiger partial charge on any atom is -0.480 e. The van der Waals surface area contributed by atoms with E-state index < -0.39 is 12.0 Å². The molecule has 0 bridgehead atoms. The molecule has 2 amide bonds. The minimum absolute atomic E-state index is 0.0511. The number of unbranched alkanes of at least 4 members (excludes halogenated alkanes) is 28. The van der Waals surface area contributed by atoms with Crippen molar-refractivity contribution < 1.29 is 19.5 Å². The number of thiol groups is 1. The number of nitrogens with zero attached hydrogens (tertiary/aromatic N) is 1. The zero-order chi connectivity index (χ0) is 33.2. The Kier molecular flexibility index (Phi) is 33.5. The van der Waals surface area contributed by atoms with Crippen LogP contribution in [0.25, 0.3) is 0 Å². The van der Waals surface area contributed by atoms with Gasteiger partial charge in [-0.15, -0.1) is 0 Å². The van der Waals surface area contributed by atoms with E-state index in [1.807, 2.05) is 0 Å². The van der Waals surface area contributed by atoms with Crippen LogP contribution in [-0.2, 0) is 14.4 Å². The van der Waals surface area contributed by atoms with Gasteiger partial charge >= 0.3 is 5.97 Å². The predicted molar refractivity (Wildman–Crippen MR) is 196 cm³/mol. The van der Waals surface area contributed by atoms with Gasteiger partial charge in [0.1, 0.15) is 6.04 Å². The Bertz CT molecular complexity index is 640. The van der Waals surface area contributed by atoms with Crippen LogP contribution in [0, 0.1) is 0 Å². The fraction of sp³-hybridized carbons (Fsp3) is 0.923. The Morgan fingerprint density at radius 1 is 0.444 bits per heavy atom. The fourth-order valence-electron chi connectivity index (χ4n) is 6.29. The SMILES string of the molecule is CCCCCCCCCCCCCCCCCC(=O)N(C(=O)CCCCCCCCCCCCCCCCC)C(CS)C(=O)O. The van der Waals surface area contributed by atoms with E-state index in [4.69, 9.17) is 0 Å². The van der Waals surface area contributed by atoms with E-state index >= 15 is 0 Å². The van der Waals surface area contributed by atoms with E-state index in [9.17, 15) is 19.5 Å². The lowest BCUT2D eigenvalue weighted by atomic mass is 10.0. The van der Waals surface area contributed by atoms with Gasteiger partial charge in [-0.25, -0.2) is 4.79 Å². The summed E-state index contributed by atoms with van der Waals surface area (Å²) >= 11 is 4.16. The topological polar surface area (TPSA) is 74.7 Å². The first kappa shape index (κ1) is 44.0. The van der Waals surface area contributed by atoms with Crippen molar-refractivity contribution in [2.24, 2.45) is 0 Å². The Hall–Kier alpha value is -1.04. The summed E-state index contributed by atoms with van der Waals surface area (Å²) in [5.74, 6) is -1.90. The number of imide groups is 1. The predicted octanol–water partition coefficient (Wildman–Crippen LogP) is 12.2. The van der Waals surface area contributed by atoms with Crippen LogP contribution in [0.15, 0.2) is 0 Å². The lowest BCUT2D eigenvalue weighted by Gasteiger charge is -2.26. The molecule has 0 saturated heterocycles. The Morgan fingerprint density at radius 3 is 0.867 bits per heavy atom. The van der Waals surface area contributed by atoms with Gasteiger partial charge in [-0.1, -0.05) is 194 Å². The molecule has 0 fully saturated rings. The molecular weight excluding hydrogens is 578 g/mol. The van der Waals surface area contributed by atoms with Gasteiger partial charge in [-0.2, -0.15) is 12.6 Å². The molecule has 1 atom stereocenters. The molecular formula is C39H75NO4S. The van der Waals surface area contributed by atoms with Crippen molar-refractivity contribution >= 4 is 30.4 Å². The van der Waals surface area contributed by atoms with Gasteiger partial charge in [-0.05, 0) is 12.8 Å². The zero-order valence-electron chi connectivity index (χ0n) is 30.0. The molecule has 0 rings (SSSR count). The van der Waals surface area contributed by atoms with Gasteiger partial charge in [0.15, 0.2) is 0 Å². The van der Waals surface area contributed by atoms with Crippen molar-refractivity contribution in [2.45, 2.75) is 225 Å². The van der Waals surface area contributed by atoms with Crippen molar-refractivity contribution in [1.29, 1.82) is 0 Å². The summed E-state index contributed by atoms with van der Waals surface area (Å²) in [6, 6.07) is -1.18. The maximum Gasteiger partial charge on any atom is 0.327 e. The first-order valence-electron chi connectivity index (χ1n) is 19.7. The summed E-state index contributed by atoms with van der Waals surface area (Å²) < 4.78 is 0. The first-order valence-corrected chi connectivity index (χ1v) is 20.3. The molecule has 266 valence electrons. The molecule has 1 N–H and O–H groups in total. The monoisotopic (exact) mass is 654 g/mol. The maximum atomic E-state index is 13.0. The third-order valence-corrected chi connectivity index (χ3v) is 9.64. The second-order valence-electron chi connectivity index (χ2n) is 13.6. The van der Waals surface area contributed by atoms with Crippen molar-refractivity contribution in [3.05, 3.63) is 0 Å². The summed E-state index contributed by atoms with van der Waals surface area (Å²) in [7, 11) is 0. The van der Waals surface area contributed by atoms with Gasteiger partial charge in [0.25, 0.3) is 0 Å². The van der Waals surface area contributed by atoms with Gasteiger partial charge in [0, 0.05) is 18.6 Å². The Balaban J connectivity index is 4.00. The van der Waals surface area contributed by atoms with Crippen LogP contribution in [0.5, 0.6) is 0 Å². The number of carboxylic acids is 1. The fourth-order valence-corrected chi connectivity index (χ4v) is 6.61. The van der Waals surface area contributed by atoms with E-state index in [0.29, 0.717) is 12.8 Å². The standard InChI is InChI=1S/C39H75NO4S/c1-3-5-7-9-11-13-15-17-19-21-23-25-27-29-31-33-37(41)40(36(35-45)39(43)44)38(42)34-32-30-28-26-24-22-20-18-16-14-12-10-8-6-4-2/h36,45H,3-35H2,1-2H3,(H,43,44). The van der Waals surface area contributed by atoms with Gasteiger partial charge in [0.2, 0.25) is 11.8 Å². The van der Waals surface area contributed by atoms with E-state index in [-0.39, 0.29) is 30.4 Å². The number of aliphatic carboxylic acids is 1. The zero-order valence-corrected chi connectivity index (χ0v) is 30.9. The molecule has 0 aliphatic rings. The van der Waals surface area contributed by atoms with Crippen molar-refractivity contribution in [3.8, 4) is 0 Å². The molecule has 6 heteroatoms. The van der Waals surface area contributed by atoms with Crippen molar-refractivity contribution in [3.63, 3.8) is 0 Å².